The van der Waals surface area contributed by atoms with Crippen LogP contribution in [-0.2, 0) is 0 Å². The van der Waals surface area contributed by atoms with Crippen LogP contribution in [0.1, 0.15) is 25.7 Å². The van der Waals surface area contributed by atoms with Gasteiger partial charge in [0.1, 0.15) is 0 Å². The van der Waals surface area contributed by atoms with Crippen molar-refractivity contribution in [2.24, 2.45) is 0 Å². The third-order valence-electron chi connectivity index (χ3n) is 3.41. The molecule has 2 aromatic heterocycles. The van der Waals surface area contributed by atoms with Gasteiger partial charge in [0.25, 0.3) is 0 Å². The molecule has 0 unspecified atom stereocenters. The summed E-state index contributed by atoms with van der Waals surface area (Å²) in [6, 6.07) is 0. The molecule has 8 nitrogen and oxygen atoms in total. The van der Waals surface area contributed by atoms with Crippen molar-refractivity contribution in [1.82, 2.24) is 20.3 Å². The van der Waals surface area contributed by atoms with Gasteiger partial charge >= 0.3 is 0 Å². The lowest BCUT2D eigenvalue weighted by molar-refractivity contribution is 0.311. The van der Waals surface area contributed by atoms with Crippen LogP contribution in [0.15, 0.2) is 4.63 Å². The van der Waals surface area contributed by atoms with Gasteiger partial charge in [-0.05, 0) is 23.2 Å². The summed E-state index contributed by atoms with van der Waals surface area (Å²) in [4.78, 5) is 11.1. The lowest BCUT2D eigenvalue weighted by Crippen LogP contribution is -2.27. The zero-order chi connectivity index (χ0) is 13.8. The molecular weight excluding hydrogens is 260 g/mol. The van der Waals surface area contributed by atoms with Crippen molar-refractivity contribution >= 4 is 22.9 Å². The van der Waals surface area contributed by atoms with E-state index in [2.05, 4.69) is 35.1 Å². The zero-order valence-electron chi connectivity index (χ0n) is 11.2. The summed E-state index contributed by atoms with van der Waals surface area (Å²) in [5.74, 6) is 1.40. The van der Waals surface area contributed by atoms with Crippen LogP contribution in [0.3, 0.4) is 0 Å². The monoisotopic (exact) mass is 278 g/mol. The first kappa shape index (κ1) is 13.0. The lowest BCUT2D eigenvalue weighted by atomic mass is 10.2. The van der Waals surface area contributed by atoms with Crippen LogP contribution < -0.4 is 10.2 Å². The van der Waals surface area contributed by atoms with E-state index in [1.165, 1.54) is 12.8 Å². The Morgan fingerprint density at radius 1 is 1.05 bits per heavy atom. The molecule has 0 amide bonds. The van der Waals surface area contributed by atoms with E-state index in [9.17, 15) is 0 Å². The quantitative estimate of drug-likeness (QED) is 0.847. The number of rotatable bonds is 4. The van der Waals surface area contributed by atoms with Crippen LogP contribution in [0.25, 0.3) is 11.3 Å². The van der Waals surface area contributed by atoms with E-state index in [1.54, 1.807) is 0 Å². The Bertz CT molecular complexity index is 564. The Labute approximate surface area is 116 Å². The number of aliphatic hydroxyl groups excluding tert-OH is 1. The molecule has 0 spiro atoms. The van der Waals surface area contributed by atoms with E-state index in [4.69, 9.17) is 5.11 Å². The Morgan fingerprint density at radius 3 is 2.45 bits per heavy atom. The molecule has 0 saturated carbocycles. The van der Waals surface area contributed by atoms with E-state index < -0.39 is 0 Å². The van der Waals surface area contributed by atoms with Crippen molar-refractivity contribution in [2.45, 2.75) is 25.7 Å². The molecule has 0 aliphatic carbocycles. The van der Waals surface area contributed by atoms with Crippen molar-refractivity contribution in [3.63, 3.8) is 0 Å². The Kier molecular flexibility index (Phi) is 3.91. The zero-order valence-corrected chi connectivity index (χ0v) is 11.2. The summed E-state index contributed by atoms with van der Waals surface area (Å²) in [5.41, 5.74) is 0.794. The second-order valence-electron chi connectivity index (χ2n) is 4.86. The van der Waals surface area contributed by atoms with Gasteiger partial charge in [-0.25, -0.2) is 14.6 Å². The molecule has 20 heavy (non-hydrogen) atoms. The van der Waals surface area contributed by atoms with Gasteiger partial charge in [-0.1, -0.05) is 12.8 Å². The number of nitrogens with one attached hydrogen (secondary N) is 1. The first-order valence-corrected chi connectivity index (χ1v) is 6.98. The summed E-state index contributed by atoms with van der Waals surface area (Å²) >= 11 is 0. The number of fused-ring (bicyclic) bond motifs is 1. The van der Waals surface area contributed by atoms with Gasteiger partial charge in [0.2, 0.25) is 11.3 Å². The maximum atomic E-state index is 8.98. The largest absolute Gasteiger partial charge is 0.395 e. The number of hydrogen-bond acceptors (Lipinski definition) is 8. The normalized spacial score (nSPS) is 16.4. The van der Waals surface area contributed by atoms with Crippen LogP contribution >= 0.6 is 0 Å². The second-order valence-corrected chi connectivity index (χ2v) is 4.86. The molecule has 0 bridgehead atoms. The smallest absolute Gasteiger partial charge is 0.245 e. The number of nitrogens with zero attached hydrogens (tertiary/aromatic N) is 5. The van der Waals surface area contributed by atoms with Gasteiger partial charge in [-0.2, -0.15) is 0 Å². The average molecular weight is 278 g/mol. The summed E-state index contributed by atoms with van der Waals surface area (Å²) < 4.78 is 4.67. The maximum absolute atomic E-state index is 8.98. The molecule has 8 heteroatoms. The standard InChI is InChI=1S/C12H18N6O2/c19-8-5-13-11-12(18-6-3-1-2-4-7-18)15-10-9(14-11)16-20-17-10/h19H,1-8H2,(H,13,14,16). The molecule has 1 saturated heterocycles. The van der Waals surface area contributed by atoms with Crippen LogP contribution in [0, 0.1) is 0 Å². The Morgan fingerprint density at radius 2 is 1.75 bits per heavy atom. The fraction of sp³-hybridized carbons (Fsp3) is 0.667. The van der Waals surface area contributed by atoms with Gasteiger partial charge < -0.3 is 15.3 Å². The van der Waals surface area contributed by atoms with Crippen molar-refractivity contribution in [1.29, 1.82) is 0 Å². The molecule has 3 rings (SSSR count). The van der Waals surface area contributed by atoms with Crippen LogP contribution in [0.2, 0.25) is 0 Å². The van der Waals surface area contributed by atoms with Gasteiger partial charge in [0.15, 0.2) is 11.6 Å². The van der Waals surface area contributed by atoms with Gasteiger partial charge in [-0.3, -0.25) is 0 Å². The summed E-state index contributed by atoms with van der Waals surface area (Å²) in [6.07, 6.45) is 4.79. The third kappa shape index (κ3) is 2.64. The Balaban J connectivity index is 1.96. The molecule has 108 valence electrons. The second kappa shape index (κ2) is 6.00. The third-order valence-corrected chi connectivity index (χ3v) is 3.41. The summed E-state index contributed by atoms with van der Waals surface area (Å²) in [5, 5.41) is 19.5. The number of aliphatic hydroxyl groups is 1. The molecule has 0 radical (unpaired) electrons. The average Bonchev–Trinajstić information content (AvgIpc) is 2.75. The highest BCUT2D eigenvalue weighted by Crippen LogP contribution is 2.25. The Hall–Kier alpha value is -1.96. The molecule has 2 aromatic rings. The highest BCUT2D eigenvalue weighted by Gasteiger charge is 2.19. The van der Waals surface area contributed by atoms with Crippen molar-refractivity contribution < 1.29 is 9.74 Å². The molecule has 1 aliphatic rings. The van der Waals surface area contributed by atoms with E-state index >= 15 is 0 Å². The van der Waals surface area contributed by atoms with Crippen molar-refractivity contribution in [3.8, 4) is 0 Å². The number of aromatic nitrogens is 4. The molecule has 1 fully saturated rings. The first-order chi connectivity index (χ1) is 9.88. The molecule has 2 N–H and O–H groups in total. The number of hydrogen-bond donors (Lipinski definition) is 2. The SMILES string of the molecule is OCCNc1nc2nonc2nc1N1CCCCCC1. The van der Waals surface area contributed by atoms with Gasteiger partial charge in [-0.15, -0.1) is 0 Å². The van der Waals surface area contributed by atoms with Crippen LogP contribution in [0.4, 0.5) is 11.6 Å². The predicted octanol–water partition coefficient (Wildman–Crippen LogP) is 0.797. The minimum Gasteiger partial charge on any atom is -0.395 e. The highest BCUT2D eigenvalue weighted by atomic mass is 16.6. The lowest BCUT2D eigenvalue weighted by Gasteiger charge is -2.23. The minimum absolute atomic E-state index is 0.0379. The van der Waals surface area contributed by atoms with Gasteiger partial charge in [0.05, 0.1) is 6.61 Å². The molecule has 0 aromatic carbocycles. The van der Waals surface area contributed by atoms with E-state index in [0.717, 1.165) is 31.7 Å². The first-order valence-electron chi connectivity index (χ1n) is 6.98. The highest BCUT2D eigenvalue weighted by molar-refractivity contribution is 5.74. The fourth-order valence-corrected chi connectivity index (χ4v) is 2.43. The molecule has 0 atom stereocenters. The van der Waals surface area contributed by atoms with E-state index in [1.807, 2.05) is 0 Å². The summed E-state index contributed by atoms with van der Waals surface area (Å²) in [7, 11) is 0. The van der Waals surface area contributed by atoms with Crippen molar-refractivity contribution in [2.75, 3.05) is 36.5 Å². The topological polar surface area (TPSA) is 100 Å². The maximum Gasteiger partial charge on any atom is 0.245 e. The molecule has 3 heterocycles. The molecule has 1 aliphatic heterocycles. The number of anilines is 2. The van der Waals surface area contributed by atoms with Crippen molar-refractivity contribution in [3.05, 3.63) is 0 Å². The van der Waals surface area contributed by atoms with Crippen LogP contribution in [-0.4, -0.2) is 51.6 Å². The molecular formula is C12H18N6O2. The van der Waals surface area contributed by atoms with Gasteiger partial charge in [0, 0.05) is 19.6 Å². The van der Waals surface area contributed by atoms with Crippen LogP contribution in [0.5, 0.6) is 0 Å². The van der Waals surface area contributed by atoms with E-state index in [-0.39, 0.29) is 6.61 Å². The summed E-state index contributed by atoms with van der Waals surface area (Å²) in [6.45, 7) is 2.38. The van der Waals surface area contributed by atoms with E-state index in [0.29, 0.717) is 23.7 Å². The predicted molar refractivity (Wildman–Crippen MR) is 73.7 cm³/mol. The minimum atomic E-state index is 0.0379. The fourth-order valence-electron chi connectivity index (χ4n) is 2.43.